The van der Waals surface area contributed by atoms with Crippen molar-refractivity contribution in [3.8, 4) is 22.5 Å². The Morgan fingerprint density at radius 1 is 1.12 bits per heavy atom. The van der Waals surface area contributed by atoms with E-state index in [1.165, 1.54) is 35.1 Å². The van der Waals surface area contributed by atoms with Gasteiger partial charge >= 0.3 is 12.2 Å². The van der Waals surface area contributed by atoms with Crippen LogP contribution in [0.15, 0.2) is 60.9 Å². The summed E-state index contributed by atoms with van der Waals surface area (Å²) in [5.74, 6) is -2.60. The van der Waals surface area contributed by atoms with Gasteiger partial charge in [0.2, 0.25) is 5.91 Å². The number of alkyl halides is 3. The molecule has 1 aliphatic heterocycles. The minimum Gasteiger partial charge on any atom is -0.319 e. The van der Waals surface area contributed by atoms with Crippen molar-refractivity contribution in [2.75, 3.05) is 11.9 Å². The van der Waals surface area contributed by atoms with E-state index in [1.54, 1.807) is 30.3 Å². The van der Waals surface area contributed by atoms with Crippen LogP contribution in [0.25, 0.3) is 22.5 Å². The Kier molecular flexibility index (Phi) is 7.22. The fraction of sp³-hybridized carbons (Fsp3) is 0.185. The Hall–Kier alpha value is -5.14. The lowest BCUT2D eigenvalue weighted by atomic mass is 9.99. The number of urea groups is 1. The molecule has 41 heavy (non-hydrogen) atoms. The highest BCUT2D eigenvalue weighted by atomic mass is 19.4. The first-order chi connectivity index (χ1) is 19.5. The zero-order valence-electron chi connectivity index (χ0n) is 21.4. The van der Waals surface area contributed by atoms with E-state index in [-0.39, 0.29) is 48.5 Å². The molecule has 2 N–H and O–H groups in total. The normalized spacial score (nSPS) is 13.7. The average molecular weight is 568 g/mol. The van der Waals surface area contributed by atoms with Crippen LogP contribution in [0, 0.1) is 5.82 Å². The molecule has 2 aromatic heterocycles. The third-order valence-electron chi connectivity index (χ3n) is 6.26. The molecule has 10 nitrogen and oxygen atoms in total. The van der Waals surface area contributed by atoms with Gasteiger partial charge in [0.05, 0.1) is 40.9 Å². The second-order valence-corrected chi connectivity index (χ2v) is 9.14. The van der Waals surface area contributed by atoms with Gasteiger partial charge in [-0.15, -0.1) is 0 Å². The highest BCUT2D eigenvalue weighted by Gasteiger charge is 2.36. The Morgan fingerprint density at radius 2 is 1.88 bits per heavy atom. The first-order valence-corrected chi connectivity index (χ1v) is 12.2. The molecule has 5 rings (SSSR count). The van der Waals surface area contributed by atoms with Crippen molar-refractivity contribution >= 4 is 23.5 Å². The lowest BCUT2D eigenvalue weighted by Gasteiger charge is -2.26. The standard InChI is InChI=1S/C27H21F4N7O3/c1-37-9-7-20(36-37)16-11-17(19(28)12-18(16)27(29,30)31)25(40)33-21-13-32-22(14-38-10-8-23(39)35-26(38)41)34-24(21)15-5-3-2-4-6-15/h2-7,9,11-13H,8,10,14H2,1H3,(H,33,40)(H,35,39,41). The van der Waals surface area contributed by atoms with E-state index in [1.807, 2.05) is 0 Å². The number of aryl methyl sites for hydroxylation is 1. The molecule has 0 atom stereocenters. The molecule has 0 saturated carbocycles. The second-order valence-electron chi connectivity index (χ2n) is 9.14. The number of imide groups is 1. The quantitative estimate of drug-likeness (QED) is 0.333. The maximum absolute atomic E-state index is 15.0. The summed E-state index contributed by atoms with van der Waals surface area (Å²) in [5.41, 5.74) is -1.63. The summed E-state index contributed by atoms with van der Waals surface area (Å²) in [7, 11) is 1.51. The minimum absolute atomic E-state index is 0.0336. The molecule has 0 spiro atoms. The summed E-state index contributed by atoms with van der Waals surface area (Å²) >= 11 is 0. The predicted molar refractivity (Wildman–Crippen MR) is 138 cm³/mol. The molecule has 4 aromatic rings. The van der Waals surface area contributed by atoms with Crippen LogP contribution in [0.3, 0.4) is 0 Å². The average Bonchev–Trinajstić information content (AvgIpc) is 3.36. The SMILES string of the molecule is Cn1ccc(-c2cc(C(=O)Nc3cnc(CN4CCC(=O)NC4=O)nc3-c3ccccc3)c(F)cc2C(F)(F)F)n1. The summed E-state index contributed by atoms with van der Waals surface area (Å²) in [6, 6.07) is 10.4. The lowest BCUT2D eigenvalue weighted by molar-refractivity contribution is -0.137. The molecule has 0 bridgehead atoms. The number of nitrogens with zero attached hydrogens (tertiary/aromatic N) is 5. The van der Waals surface area contributed by atoms with Crippen molar-refractivity contribution in [3.05, 3.63) is 83.7 Å². The minimum atomic E-state index is -4.90. The van der Waals surface area contributed by atoms with Crippen LogP contribution in [-0.4, -0.2) is 49.0 Å². The van der Waals surface area contributed by atoms with Crippen LogP contribution in [0.4, 0.5) is 28.0 Å². The first kappa shape index (κ1) is 27.4. The summed E-state index contributed by atoms with van der Waals surface area (Å²) in [6.45, 7) is 0.132. The summed E-state index contributed by atoms with van der Waals surface area (Å²) in [4.78, 5) is 46.9. The third kappa shape index (κ3) is 5.90. The van der Waals surface area contributed by atoms with E-state index in [9.17, 15) is 31.9 Å². The lowest BCUT2D eigenvalue weighted by Crippen LogP contribution is -2.49. The van der Waals surface area contributed by atoms with Crippen molar-refractivity contribution in [3.63, 3.8) is 0 Å². The van der Waals surface area contributed by atoms with E-state index in [2.05, 4.69) is 25.7 Å². The van der Waals surface area contributed by atoms with E-state index in [0.29, 0.717) is 5.56 Å². The van der Waals surface area contributed by atoms with Crippen LogP contribution < -0.4 is 10.6 Å². The van der Waals surface area contributed by atoms with Gasteiger partial charge in [-0.2, -0.15) is 18.3 Å². The molecule has 0 unspecified atom stereocenters. The predicted octanol–water partition coefficient (Wildman–Crippen LogP) is 4.40. The number of amides is 4. The van der Waals surface area contributed by atoms with Gasteiger partial charge in [-0.3, -0.25) is 19.6 Å². The fourth-order valence-corrected chi connectivity index (χ4v) is 4.26. The fourth-order valence-electron chi connectivity index (χ4n) is 4.26. The summed E-state index contributed by atoms with van der Waals surface area (Å²) in [5, 5.41) is 8.70. The molecule has 1 fully saturated rings. The highest BCUT2D eigenvalue weighted by Crippen LogP contribution is 2.38. The van der Waals surface area contributed by atoms with Gasteiger partial charge in [0.1, 0.15) is 11.6 Å². The van der Waals surface area contributed by atoms with Gasteiger partial charge in [0, 0.05) is 37.3 Å². The van der Waals surface area contributed by atoms with Gasteiger partial charge in [-0.25, -0.2) is 19.2 Å². The number of hydrogen-bond donors (Lipinski definition) is 2. The molecule has 0 radical (unpaired) electrons. The van der Waals surface area contributed by atoms with Gasteiger partial charge in [-0.05, 0) is 18.2 Å². The Bertz CT molecular complexity index is 1650. The van der Waals surface area contributed by atoms with Crippen molar-refractivity contribution in [2.24, 2.45) is 7.05 Å². The molecule has 14 heteroatoms. The first-order valence-electron chi connectivity index (χ1n) is 12.2. The Balaban J connectivity index is 1.50. The smallest absolute Gasteiger partial charge is 0.319 e. The molecule has 3 heterocycles. The number of carbonyl (C=O) groups is 3. The van der Waals surface area contributed by atoms with Gasteiger partial charge < -0.3 is 10.2 Å². The monoisotopic (exact) mass is 567 g/mol. The zero-order valence-corrected chi connectivity index (χ0v) is 21.4. The molecule has 210 valence electrons. The Morgan fingerprint density at radius 3 is 2.54 bits per heavy atom. The summed E-state index contributed by atoms with van der Waals surface area (Å²) < 4.78 is 57.4. The second kappa shape index (κ2) is 10.8. The molecular formula is C27H21F4N7O3. The number of aromatic nitrogens is 4. The van der Waals surface area contributed by atoms with Crippen LogP contribution >= 0.6 is 0 Å². The van der Waals surface area contributed by atoms with Crippen LogP contribution in [0.2, 0.25) is 0 Å². The Labute approximate surface area is 230 Å². The van der Waals surface area contributed by atoms with E-state index in [0.717, 1.165) is 6.07 Å². The van der Waals surface area contributed by atoms with Crippen LogP contribution in [-0.2, 0) is 24.6 Å². The number of anilines is 1. The maximum Gasteiger partial charge on any atom is 0.417 e. The van der Waals surface area contributed by atoms with Crippen molar-refractivity contribution < 1.29 is 31.9 Å². The van der Waals surface area contributed by atoms with Crippen LogP contribution in [0.1, 0.15) is 28.2 Å². The zero-order chi connectivity index (χ0) is 29.3. The molecule has 4 amide bonds. The molecular weight excluding hydrogens is 546 g/mol. The van der Waals surface area contributed by atoms with E-state index < -0.39 is 46.5 Å². The van der Waals surface area contributed by atoms with E-state index >= 15 is 0 Å². The number of hydrogen-bond acceptors (Lipinski definition) is 6. The van der Waals surface area contributed by atoms with Gasteiger partial charge in [0.25, 0.3) is 5.91 Å². The maximum atomic E-state index is 15.0. The molecule has 1 saturated heterocycles. The molecule has 1 aliphatic rings. The van der Waals surface area contributed by atoms with Crippen molar-refractivity contribution in [1.82, 2.24) is 30.0 Å². The highest BCUT2D eigenvalue weighted by molar-refractivity contribution is 6.06. The third-order valence-corrected chi connectivity index (χ3v) is 6.26. The summed E-state index contributed by atoms with van der Waals surface area (Å²) in [6.07, 6.45) is -2.10. The molecule has 2 aromatic carbocycles. The largest absolute Gasteiger partial charge is 0.417 e. The van der Waals surface area contributed by atoms with Crippen LogP contribution in [0.5, 0.6) is 0 Å². The van der Waals surface area contributed by atoms with Gasteiger partial charge in [0.15, 0.2) is 0 Å². The number of benzene rings is 2. The topological polar surface area (TPSA) is 122 Å². The number of carbonyl (C=O) groups excluding carboxylic acids is 3. The molecule has 0 aliphatic carbocycles. The number of rotatable bonds is 6. The van der Waals surface area contributed by atoms with Gasteiger partial charge in [-0.1, -0.05) is 30.3 Å². The van der Waals surface area contributed by atoms with Crippen molar-refractivity contribution in [2.45, 2.75) is 19.1 Å². The van der Waals surface area contributed by atoms with Crippen molar-refractivity contribution in [1.29, 1.82) is 0 Å². The van der Waals surface area contributed by atoms with E-state index in [4.69, 9.17) is 0 Å². The number of nitrogens with one attached hydrogen (secondary N) is 2. The number of halogens is 4.